The van der Waals surface area contributed by atoms with Gasteiger partial charge in [0.05, 0.1) is 24.7 Å². The van der Waals surface area contributed by atoms with Crippen LogP contribution in [0, 0.1) is 18.6 Å². The number of carbonyl (C=O) groups excluding carboxylic acids is 5. The van der Waals surface area contributed by atoms with E-state index < -0.39 is 109 Å². The summed E-state index contributed by atoms with van der Waals surface area (Å²) in [7, 11) is 0. The number of cyclic esters (lactones) is 1. The Morgan fingerprint density at radius 3 is 2.40 bits per heavy atom. The van der Waals surface area contributed by atoms with Gasteiger partial charge in [-0.1, -0.05) is 24.1 Å². The van der Waals surface area contributed by atoms with Crippen molar-refractivity contribution in [3.8, 4) is 0 Å². The lowest BCUT2D eigenvalue weighted by Gasteiger charge is -2.43. The average molecular weight is 802 g/mol. The van der Waals surface area contributed by atoms with Gasteiger partial charge in [0.25, 0.3) is 0 Å². The Kier molecular flexibility index (Phi) is 13.4. The van der Waals surface area contributed by atoms with Crippen LogP contribution in [0.5, 0.6) is 0 Å². The Morgan fingerprint density at radius 1 is 0.965 bits per heavy atom. The van der Waals surface area contributed by atoms with Crippen molar-refractivity contribution in [3.63, 3.8) is 0 Å². The van der Waals surface area contributed by atoms with Gasteiger partial charge in [-0.25, -0.2) is 22.8 Å². The van der Waals surface area contributed by atoms with Crippen LogP contribution in [0.1, 0.15) is 56.6 Å². The first-order chi connectivity index (χ1) is 27.2. The zero-order valence-electron chi connectivity index (χ0n) is 31.8. The fourth-order valence-corrected chi connectivity index (χ4v) is 8.19. The molecule has 6 rings (SSSR count). The molecule has 4 saturated heterocycles. The largest absolute Gasteiger partial charge is 0.462 e. The van der Waals surface area contributed by atoms with Gasteiger partial charge in [-0.15, -0.1) is 0 Å². The maximum Gasteiger partial charge on any atom is 0.329 e. The third kappa shape index (κ3) is 10.0. The molecule has 0 aromatic heterocycles. The van der Waals surface area contributed by atoms with Crippen LogP contribution in [0.25, 0.3) is 0 Å². The number of nitrogens with zero attached hydrogens (tertiary/aromatic N) is 3. The maximum absolute atomic E-state index is 14.8. The number of fused-ring (bicyclic) bond motifs is 3. The Bertz CT molecular complexity index is 1790. The molecule has 6 N–H and O–H groups in total. The highest BCUT2D eigenvalue weighted by Gasteiger charge is 2.46. The van der Waals surface area contributed by atoms with Crippen LogP contribution in [-0.4, -0.2) is 136 Å². The zero-order valence-corrected chi connectivity index (χ0v) is 31.8. The average Bonchev–Trinajstić information content (AvgIpc) is 3.82. The monoisotopic (exact) mass is 801 g/mol. The lowest BCUT2D eigenvalue weighted by Crippen LogP contribution is -2.63. The van der Waals surface area contributed by atoms with Gasteiger partial charge in [-0.3, -0.25) is 24.6 Å². The molecule has 15 nitrogen and oxygen atoms in total. The lowest BCUT2D eigenvalue weighted by atomic mass is 9.98. The highest BCUT2D eigenvalue weighted by atomic mass is 19.1. The molecular formula is C39H50F3N7O8. The molecule has 18 heteroatoms. The number of hydrogen-bond acceptors (Lipinski definition) is 10. The minimum atomic E-state index is -1.82. The van der Waals surface area contributed by atoms with E-state index in [1.807, 2.05) is 6.92 Å². The van der Waals surface area contributed by atoms with Crippen molar-refractivity contribution in [2.24, 2.45) is 0 Å². The van der Waals surface area contributed by atoms with Crippen molar-refractivity contribution in [1.29, 1.82) is 0 Å². The summed E-state index contributed by atoms with van der Waals surface area (Å²) in [5.74, 6) is -4.77. The minimum absolute atomic E-state index is 0.0635. The van der Waals surface area contributed by atoms with Crippen molar-refractivity contribution in [2.45, 2.75) is 114 Å². The topological polar surface area (TPSA) is 193 Å². The molecule has 4 fully saturated rings. The van der Waals surface area contributed by atoms with Crippen molar-refractivity contribution in [1.82, 2.24) is 30.7 Å². The van der Waals surface area contributed by atoms with E-state index in [2.05, 4.69) is 21.3 Å². The van der Waals surface area contributed by atoms with E-state index in [1.54, 1.807) is 29.2 Å². The standard InChI is InChI=1S/C39H50F3N7O8/c1-21-8-10-27(11-9-21)44-39(56)46-28(16-23-14-24(40)17-25(41)15-23)33(50)45-29-20-57-38(55)32-18-26(42)19-49(32)35(52)22(2)43-34(51)30-6-3-4-12-47(30)37(54)31-7-5-13-48(31)36(29)53/h8-11,14-15,17,22,26,28-33,37,45,50,54H,3-7,12-13,16,18-20H2,1-2H3,(H,43,51)(H2,44,46,56)/t22-,26+,28-,29-,30?,31?,32?,33?,37?/m0/s1. The quantitative estimate of drug-likeness (QED) is 0.177. The first-order valence-corrected chi connectivity index (χ1v) is 19.4. The van der Waals surface area contributed by atoms with E-state index in [9.17, 15) is 47.4 Å². The molecule has 0 aliphatic carbocycles. The van der Waals surface area contributed by atoms with Gasteiger partial charge in [0, 0.05) is 31.3 Å². The zero-order chi connectivity index (χ0) is 41.0. The number of anilines is 1. The molecule has 57 heavy (non-hydrogen) atoms. The molecule has 4 aliphatic heterocycles. The van der Waals surface area contributed by atoms with Gasteiger partial charge in [0.15, 0.2) is 0 Å². The predicted molar refractivity (Wildman–Crippen MR) is 199 cm³/mol. The van der Waals surface area contributed by atoms with Crippen LogP contribution < -0.4 is 21.3 Å². The summed E-state index contributed by atoms with van der Waals surface area (Å²) in [6.45, 7) is 2.64. The van der Waals surface area contributed by atoms with E-state index >= 15 is 0 Å². The van der Waals surface area contributed by atoms with Crippen LogP contribution in [0.4, 0.5) is 23.7 Å². The number of piperidine rings is 1. The van der Waals surface area contributed by atoms with Crippen molar-refractivity contribution < 1.29 is 52.1 Å². The number of benzene rings is 2. The number of urea groups is 1. The third-order valence-electron chi connectivity index (χ3n) is 11.1. The van der Waals surface area contributed by atoms with Crippen LogP contribution in [0.2, 0.25) is 0 Å². The number of halogens is 3. The number of aliphatic hydroxyl groups excluding tert-OH is 2. The Hall–Kier alpha value is -4.78. The lowest BCUT2D eigenvalue weighted by molar-refractivity contribution is -0.159. The number of hydrogen-bond donors (Lipinski definition) is 6. The number of amides is 5. The van der Waals surface area contributed by atoms with Gasteiger partial charge in [-0.05, 0) is 75.8 Å². The Morgan fingerprint density at radius 2 is 1.68 bits per heavy atom. The van der Waals surface area contributed by atoms with Crippen LogP contribution in [-0.2, 0) is 30.3 Å². The summed E-state index contributed by atoms with van der Waals surface area (Å²) in [4.78, 5) is 72.5. The highest BCUT2D eigenvalue weighted by molar-refractivity contribution is 5.93. The van der Waals surface area contributed by atoms with Crippen molar-refractivity contribution >= 4 is 35.4 Å². The number of alkyl halides is 1. The smallest absolute Gasteiger partial charge is 0.329 e. The second-order valence-electron chi connectivity index (χ2n) is 15.3. The van der Waals surface area contributed by atoms with Gasteiger partial charge >= 0.3 is 12.0 Å². The first-order valence-electron chi connectivity index (χ1n) is 19.4. The Balaban J connectivity index is 1.30. The molecular weight excluding hydrogens is 751 g/mol. The van der Waals surface area contributed by atoms with E-state index in [0.29, 0.717) is 50.4 Å². The fourth-order valence-electron chi connectivity index (χ4n) is 8.19. The fraction of sp³-hybridized carbons (Fsp3) is 0.564. The van der Waals surface area contributed by atoms with Gasteiger partial charge < -0.3 is 40.7 Å². The second kappa shape index (κ2) is 18.2. The molecule has 4 heterocycles. The van der Waals surface area contributed by atoms with Crippen molar-refractivity contribution in [3.05, 3.63) is 65.2 Å². The number of aliphatic hydroxyl groups is 2. The summed E-state index contributed by atoms with van der Waals surface area (Å²) < 4.78 is 49.0. The molecule has 0 saturated carbocycles. The van der Waals surface area contributed by atoms with E-state index in [-0.39, 0.29) is 24.9 Å². The molecule has 2 aromatic rings. The maximum atomic E-state index is 14.8. The number of esters is 1. The van der Waals surface area contributed by atoms with Crippen LogP contribution in [0.3, 0.4) is 0 Å². The SMILES string of the molecule is Cc1ccc(NC(=O)N[C@@H](Cc2cc(F)cc(F)c2)C(O)N[C@H]2COC(=O)C3C[C@@H](F)CN3C(=O)[C@H](C)NC(=O)C3CCCCN3C(O)C3CCCN3C2=O)cc1. The number of carbonyl (C=O) groups is 5. The third-order valence-corrected chi connectivity index (χ3v) is 11.1. The summed E-state index contributed by atoms with van der Waals surface area (Å²) in [6, 6.07) is 1.70. The summed E-state index contributed by atoms with van der Waals surface area (Å²) in [5.41, 5.74) is 1.41. The van der Waals surface area contributed by atoms with E-state index in [4.69, 9.17) is 4.74 Å². The number of rotatable bonds is 7. The van der Waals surface area contributed by atoms with Gasteiger partial charge in [-0.2, -0.15) is 0 Å². The van der Waals surface area contributed by atoms with Gasteiger partial charge in [0.2, 0.25) is 17.7 Å². The molecule has 0 radical (unpaired) electrons. The minimum Gasteiger partial charge on any atom is -0.462 e. The summed E-state index contributed by atoms with van der Waals surface area (Å²) >= 11 is 0. The van der Waals surface area contributed by atoms with Crippen LogP contribution in [0.15, 0.2) is 42.5 Å². The first kappa shape index (κ1) is 41.8. The van der Waals surface area contributed by atoms with Crippen molar-refractivity contribution in [2.75, 3.05) is 31.6 Å². The van der Waals surface area contributed by atoms with E-state index in [1.165, 1.54) is 11.8 Å². The summed E-state index contributed by atoms with van der Waals surface area (Å²) in [5, 5.41) is 34.2. The Labute approximate surface area is 328 Å². The number of ether oxygens (including phenoxy) is 1. The normalized spacial score (nSPS) is 28.8. The molecule has 9 atom stereocenters. The number of aryl methyl sites for hydroxylation is 1. The molecule has 0 bridgehead atoms. The van der Waals surface area contributed by atoms with E-state index in [0.717, 1.165) is 22.6 Å². The molecule has 310 valence electrons. The van der Waals surface area contributed by atoms with Gasteiger partial charge in [0.1, 0.15) is 55.0 Å². The summed E-state index contributed by atoms with van der Waals surface area (Å²) in [6.07, 6.45) is -2.89. The second-order valence-corrected chi connectivity index (χ2v) is 15.3. The van der Waals surface area contributed by atoms with Crippen LogP contribution >= 0.6 is 0 Å². The molecule has 2 aromatic carbocycles. The molecule has 4 aliphatic rings. The molecule has 0 spiro atoms. The number of nitrogens with one attached hydrogen (secondary N) is 4. The highest BCUT2D eigenvalue weighted by Crippen LogP contribution is 2.29. The predicted octanol–water partition coefficient (Wildman–Crippen LogP) is 1.45. The molecule has 5 amide bonds. The molecule has 5 unspecified atom stereocenters.